The molecule has 1 heterocycles. The SMILES string of the molecule is COc1ccc(C(C(=O)NC2CCCCC2)N2C(=O)C=C(c3ccccc3)C23C=CC(=O)C=C3)c(C)c1. The van der Waals surface area contributed by atoms with Gasteiger partial charge in [-0.1, -0.05) is 55.7 Å². The molecule has 37 heavy (non-hydrogen) atoms. The Morgan fingerprint density at radius 3 is 2.38 bits per heavy atom. The summed E-state index contributed by atoms with van der Waals surface area (Å²) in [7, 11) is 1.60. The molecular weight excluding hydrogens is 464 g/mol. The van der Waals surface area contributed by atoms with Crippen molar-refractivity contribution in [3.05, 3.63) is 95.6 Å². The Morgan fingerprint density at radius 2 is 1.73 bits per heavy atom. The molecule has 2 aliphatic carbocycles. The Hall–Kier alpha value is -3.93. The number of hydrogen-bond acceptors (Lipinski definition) is 4. The summed E-state index contributed by atoms with van der Waals surface area (Å²) in [4.78, 5) is 41.8. The maximum absolute atomic E-state index is 14.1. The van der Waals surface area contributed by atoms with Gasteiger partial charge in [0.2, 0.25) is 11.8 Å². The fourth-order valence-electron chi connectivity index (χ4n) is 5.77. The predicted octanol–water partition coefficient (Wildman–Crippen LogP) is 4.85. The van der Waals surface area contributed by atoms with Crippen LogP contribution in [0, 0.1) is 6.92 Å². The topological polar surface area (TPSA) is 75.7 Å². The van der Waals surface area contributed by atoms with Gasteiger partial charge in [0, 0.05) is 12.1 Å². The highest BCUT2D eigenvalue weighted by molar-refractivity contribution is 6.10. The molecule has 1 fully saturated rings. The summed E-state index contributed by atoms with van der Waals surface area (Å²) in [5, 5.41) is 3.25. The third kappa shape index (κ3) is 4.64. The Balaban J connectivity index is 1.64. The Morgan fingerprint density at radius 1 is 1.03 bits per heavy atom. The molecule has 0 radical (unpaired) electrons. The molecule has 0 saturated heterocycles. The van der Waals surface area contributed by atoms with E-state index in [2.05, 4.69) is 5.32 Å². The zero-order chi connectivity index (χ0) is 26.0. The predicted molar refractivity (Wildman–Crippen MR) is 143 cm³/mol. The number of carbonyl (C=O) groups excluding carboxylic acids is 3. The molecule has 1 saturated carbocycles. The summed E-state index contributed by atoms with van der Waals surface area (Å²) in [5.74, 6) is 0.0401. The molecule has 2 aromatic rings. The van der Waals surface area contributed by atoms with Gasteiger partial charge < -0.3 is 15.0 Å². The van der Waals surface area contributed by atoms with Crippen molar-refractivity contribution in [3.8, 4) is 5.75 Å². The summed E-state index contributed by atoms with van der Waals surface area (Å²) >= 11 is 0. The number of rotatable bonds is 6. The lowest BCUT2D eigenvalue weighted by Gasteiger charge is -2.42. The van der Waals surface area contributed by atoms with Crippen molar-refractivity contribution in [2.45, 2.75) is 56.7 Å². The first kappa shape index (κ1) is 24.8. The second-order valence-electron chi connectivity index (χ2n) is 10.00. The van der Waals surface area contributed by atoms with E-state index in [0.717, 1.165) is 47.9 Å². The van der Waals surface area contributed by atoms with Gasteiger partial charge >= 0.3 is 0 Å². The van der Waals surface area contributed by atoms with E-state index in [4.69, 9.17) is 4.74 Å². The van der Waals surface area contributed by atoms with Crippen molar-refractivity contribution in [2.24, 2.45) is 0 Å². The number of carbonyl (C=O) groups is 3. The van der Waals surface area contributed by atoms with Crippen molar-refractivity contribution in [2.75, 3.05) is 7.11 Å². The van der Waals surface area contributed by atoms with Crippen LogP contribution in [0.25, 0.3) is 5.57 Å². The van der Waals surface area contributed by atoms with Crippen LogP contribution in [0.15, 0.2) is 78.9 Å². The number of nitrogens with one attached hydrogen (secondary N) is 1. The molecule has 190 valence electrons. The highest BCUT2D eigenvalue weighted by atomic mass is 16.5. The summed E-state index contributed by atoms with van der Waals surface area (Å²) < 4.78 is 5.40. The van der Waals surface area contributed by atoms with Crippen LogP contribution in [0.3, 0.4) is 0 Å². The summed E-state index contributed by atoms with van der Waals surface area (Å²) in [6.07, 6.45) is 13.3. The van der Waals surface area contributed by atoms with Crippen LogP contribution in [0.1, 0.15) is 54.8 Å². The first-order valence-corrected chi connectivity index (χ1v) is 12.9. The van der Waals surface area contributed by atoms with E-state index < -0.39 is 11.6 Å². The normalized spacial score (nSPS) is 19.7. The number of amides is 2. The first-order chi connectivity index (χ1) is 17.9. The van der Waals surface area contributed by atoms with E-state index in [9.17, 15) is 14.4 Å². The van der Waals surface area contributed by atoms with Gasteiger partial charge in [0.15, 0.2) is 5.78 Å². The van der Waals surface area contributed by atoms with Gasteiger partial charge in [-0.05, 0) is 78.5 Å². The van der Waals surface area contributed by atoms with Crippen LogP contribution < -0.4 is 10.1 Å². The van der Waals surface area contributed by atoms with E-state index in [1.165, 1.54) is 18.6 Å². The van der Waals surface area contributed by atoms with Crippen LogP contribution in [0.2, 0.25) is 0 Å². The number of nitrogens with zero attached hydrogens (tertiary/aromatic N) is 1. The standard InChI is InChI=1S/C31H32N2O4/c1-21-19-25(37-2)13-14-26(21)29(30(36)32-23-11-7-4-8-12-23)33-28(35)20-27(22-9-5-3-6-10-22)31(33)17-15-24(34)16-18-31/h3,5-6,9-10,13-20,23,29H,4,7-8,11-12H2,1-2H3,(H,32,36). The minimum absolute atomic E-state index is 0.0801. The van der Waals surface area contributed by atoms with Gasteiger partial charge in [-0.15, -0.1) is 0 Å². The second kappa shape index (κ2) is 10.2. The Bertz CT molecular complexity index is 1290. The lowest BCUT2D eigenvalue weighted by atomic mass is 9.81. The molecule has 5 rings (SSSR count). The van der Waals surface area contributed by atoms with Crippen LogP contribution in [0.4, 0.5) is 0 Å². The fourth-order valence-corrected chi connectivity index (χ4v) is 5.77. The van der Waals surface area contributed by atoms with E-state index >= 15 is 0 Å². The number of allylic oxidation sites excluding steroid dienone is 2. The molecule has 0 bridgehead atoms. The highest BCUT2D eigenvalue weighted by Gasteiger charge is 2.51. The number of ketones is 1. The lowest BCUT2D eigenvalue weighted by Crippen LogP contribution is -2.53. The summed E-state index contributed by atoms with van der Waals surface area (Å²) in [6.45, 7) is 1.92. The lowest BCUT2D eigenvalue weighted by molar-refractivity contribution is -0.139. The minimum atomic E-state index is -1.08. The van der Waals surface area contributed by atoms with Gasteiger partial charge in [0.25, 0.3) is 0 Å². The smallest absolute Gasteiger partial charge is 0.249 e. The highest BCUT2D eigenvalue weighted by Crippen LogP contribution is 2.47. The molecule has 1 N–H and O–H groups in total. The third-order valence-corrected chi connectivity index (χ3v) is 7.65. The fraction of sp³-hybridized carbons (Fsp3) is 0.323. The molecule has 1 unspecified atom stereocenters. The molecule has 0 aromatic heterocycles. The average Bonchev–Trinajstić information content (AvgIpc) is 3.19. The van der Waals surface area contributed by atoms with Gasteiger partial charge in [0.05, 0.1) is 7.11 Å². The van der Waals surface area contributed by atoms with Gasteiger partial charge in [0.1, 0.15) is 17.3 Å². The molecule has 1 aliphatic heterocycles. The van der Waals surface area contributed by atoms with Crippen LogP contribution >= 0.6 is 0 Å². The molecule has 2 aromatic carbocycles. The van der Waals surface area contributed by atoms with E-state index in [1.54, 1.807) is 30.2 Å². The Kier molecular flexibility index (Phi) is 6.83. The first-order valence-electron chi connectivity index (χ1n) is 12.9. The number of methoxy groups -OCH3 is 1. The number of ether oxygens (including phenoxy) is 1. The van der Waals surface area contributed by atoms with Crippen LogP contribution in [-0.4, -0.2) is 41.2 Å². The molecule has 6 heteroatoms. The molecule has 3 aliphatic rings. The maximum atomic E-state index is 14.1. The van der Waals surface area contributed by atoms with E-state index in [-0.39, 0.29) is 23.6 Å². The van der Waals surface area contributed by atoms with Crippen LogP contribution in [-0.2, 0) is 14.4 Å². The number of benzene rings is 2. The number of aryl methyl sites for hydroxylation is 1. The van der Waals surface area contributed by atoms with Gasteiger partial charge in [-0.2, -0.15) is 0 Å². The van der Waals surface area contributed by atoms with E-state index in [0.29, 0.717) is 5.75 Å². The third-order valence-electron chi connectivity index (χ3n) is 7.65. The van der Waals surface area contributed by atoms with Crippen molar-refractivity contribution in [1.29, 1.82) is 0 Å². The number of hydrogen-bond donors (Lipinski definition) is 1. The monoisotopic (exact) mass is 496 g/mol. The molecule has 1 atom stereocenters. The summed E-state index contributed by atoms with van der Waals surface area (Å²) in [5.41, 5.74) is 2.09. The minimum Gasteiger partial charge on any atom is -0.497 e. The molecular formula is C31H32N2O4. The average molecular weight is 497 g/mol. The largest absolute Gasteiger partial charge is 0.497 e. The Labute approximate surface area is 217 Å². The maximum Gasteiger partial charge on any atom is 0.249 e. The van der Waals surface area contributed by atoms with Crippen LogP contribution in [0.5, 0.6) is 5.75 Å². The van der Waals surface area contributed by atoms with Crippen molar-refractivity contribution < 1.29 is 19.1 Å². The molecule has 6 nitrogen and oxygen atoms in total. The van der Waals surface area contributed by atoms with Crippen molar-refractivity contribution >= 4 is 23.2 Å². The summed E-state index contributed by atoms with van der Waals surface area (Å²) in [6, 6.07) is 14.4. The molecule has 1 spiro atoms. The van der Waals surface area contributed by atoms with Gasteiger partial charge in [-0.3, -0.25) is 14.4 Å². The zero-order valence-electron chi connectivity index (χ0n) is 21.3. The van der Waals surface area contributed by atoms with Gasteiger partial charge in [-0.25, -0.2) is 0 Å². The quantitative estimate of drug-likeness (QED) is 0.620. The van der Waals surface area contributed by atoms with Crippen molar-refractivity contribution in [3.63, 3.8) is 0 Å². The second-order valence-corrected chi connectivity index (χ2v) is 10.00. The molecule has 2 amide bonds. The zero-order valence-corrected chi connectivity index (χ0v) is 21.3. The van der Waals surface area contributed by atoms with E-state index in [1.807, 2.05) is 55.5 Å². The van der Waals surface area contributed by atoms with Crippen molar-refractivity contribution in [1.82, 2.24) is 10.2 Å².